The van der Waals surface area contributed by atoms with Gasteiger partial charge in [0.2, 0.25) is 0 Å². The van der Waals surface area contributed by atoms with Crippen molar-refractivity contribution in [2.24, 2.45) is 0 Å². The number of ether oxygens (including phenoxy) is 1. The van der Waals surface area contributed by atoms with Crippen molar-refractivity contribution in [3.63, 3.8) is 0 Å². The van der Waals surface area contributed by atoms with Crippen molar-refractivity contribution < 1.29 is 40.8 Å². The van der Waals surface area contributed by atoms with E-state index in [1.54, 1.807) is 52.0 Å². The quantitative estimate of drug-likeness (QED) is 0.262. The van der Waals surface area contributed by atoms with Gasteiger partial charge in [-0.3, -0.25) is 13.6 Å². The third-order valence-electron chi connectivity index (χ3n) is 5.16. The molecule has 1 N–H and O–H groups in total. The van der Waals surface area contributed by atoms with Gasteiger partial charge in [-0.15, -0.1) is 0 Å². The van der Waals surface area contributed by atoms with Crippen LogP contribution in [0, 0.1) is 0 Å². The van der Waals surface area contributed by atoms with Crippen molar-refractivity contribution in [1.82, 2.24) is 5.32 Å². The number of phosphoric acid groups is 1. The molecule has 0 heterocycles. The van der Waals surface area contributed by atoms with Gasteiger partial charge in [0.25, 0.3) is 0 Å². The summed E-state index contributed by atoms with van der Waals surface area (Å²) >= 11 is 7.65. The van der Waals surface area contributed by atoms with Crippen LogP contribution < -0.4 is 5.32 Å². The Labute approximate surface area is 230 Å². The zero-order chi connectivity index (χ0) is 28.8. The Hall–Kier alpha value is -1.75. The number of rotatable bonds is 11. The number of carbonyl (C=O) groups is 1. The Kier molecular flexibility index (Phi) is 11.2. The maximum atomic E-state index is 13.0. The van der Waals surface area contributed by atoms with Crippen LogP contribution >= 0.6 is 31.2 Å². The topological polar surface area (TPSA) is 83.1 Å². The number of hydrogen-bond acceptors (Lipinski definition) is 7. The summed E-state index contributed by atoms with van der Waals surface area (Å²) in [6.45, 7) is 6.65. The number of alkyl halides is 3. The maximum Gasteiger partial charge on any atom is 0.474 e. The second-order valence-electron chi connectivity index (χ2n) is 9.65. The number of nitrogens with one attached hydrogen (secondary N) is 1. The molecule has 1 atom stereocenters. The van der Waals surface area contributed by atoms with Crippen LogP contribution in [0.4, 0.5) is 18.0 Å². The second kappa shape index (κ2) is 13.1. The van der Waals surface area contributed by atoms with Crippen LogP contribution in [0.5, 0.6) is 0 Å². The van der Waals surface area contributed by atoms with Crippen molar-refractivity contribution >= 4 is 37.3 Å². The lowest BCUT2D eigenvalue weighted by atomic mass is 9.94. The molecule has 0 unspecified atom stereocenters. The lowest BCUT2D eigenvalue weighted by molar-refractivity contribution is -0.137. The van der Waals surface area contributed by atoms with E-state index in [4.69, 9.17) is 29.9 Å². The largest absolute Gasteiger partial charge is 0.474 e. The predicted molar refractivity (Wildman–Crippen MR) is 141 cm³/mol. The van der Waals surface area contributed by atoms with E-state index >= 15 is 0 Å². The first-order valence-corrected chi connectivity index (χ1v) is 14.1. The van der Waals surface area contributed by atoms with Crippen LogP contribution in [0.1, 0.15) is 45.2 Å². The molecule has 0 aromatic heterocycles. The molecule has 1 amide bonds. The summed E-state index contributed by atoms with van der Waals surface area (Å²) in [5, 5.41) is 3.17. The summed E-state index contributed by atoms with van der Waals surface area (Å²) in [5.74, 6) is 0. The average molecular weight is 598 g/mol. The average Bonchev–Trinajstić information content (AvgIpc) is 2.80. The first-order chi connectivity index (χ1) is 17.5. The molecular weight excluding hydrogens is 566 g/mol. The summed E-state index contributed by atoms with van der Waals surface area (Å²) < 4.78 is 71.9. The van der Waals surface area contributed by atoms with Crippen molar-refractivity contribution in [3.8, 4) is 0 Å². The van der Waals surface area contributed by atoms with Crippen LogP contribution in [0.25, 0.3) is 0 Å². The fourth-order valence-corrected chi connectivity index (χ4v) is 5.26. The molecule has 0 aliphatic heterocycles. The Morgan fingerprint density at radius 3 is 2.21 bits per heavy atom. The molecule has 13 heteroatoms. The third-order valence-corrected chi connectivity index (χ3v) is 7.83. The van der Waals surface area contributed by atoms with Crippen LogP contribution in [-0.2, 0) is 35.5 Å². The Morgan fingerprint density at radius 2 is 1.66 bits per heavy atom. The summed E-state index contributed by atoms with van der Waals surface area (Å²) in [7, 11) is -1.45. The fraction of sp³-hybridized carbons (Fsp3) is 0.480. The lowest BCUT2D eigenvalue weighted by Crippen LogP contribution is -2.51. The van der Waals surface area contributed by atoms with Crippen molar-refractivity contribution in [2.75, 3.05) is 20.8 Å². The van der Waals surface area contributed by atoms with Gasteiger partial charge in [0.05, 0.1) is 17.7 Å². The molecule has 2 rings (SSSR count). The van der Waals surface area contributed by atoms with Crippen LogP contribution in [0.3, 0.4) is 0 Å². The summed E-state index contributed by atoms with van der Waals surface area (Å²) in [6, 6.07) is 10.2. The number of alkyl carbamates (subject to hydrolysis) is 1. The minimum atomic E-state index is -4.43. The van der Waals surface area contributed by atoms with E-state index in [1.165, 1.54) is 20.3 Å². The van der Waals surface area contributed by atoms with Gasteiger partial charge in [-0.2, -0.15) is 13.2 Å². The predicted octanol–water partition coefficient (Wildman–Crippen LogP) is 8.14. The first kappa shape index (κ1) is 32.5. The third kappa shape index (κ3) is 10.4. The Morgan fingerprint density at radius 1 is 1.03 bits per heavy atom. The van der Waals surface area contributed by atoms with E-state index in [2.05, 4.69) is 5.32 Å². The van der Waals surface area contributed by atoms with E-state index in [0.29, 0.717) is 27.7 Å². The monoisotopic (exact) mass is 597 g/mol. The van der Waals surface area contributed by atoms with E-state index < -0.39 is 36.8 Å². The van der Waals surface area contributed by atoms with Gasteiger partial charge in [0.15, 0.2) is 0 Å². The highest BCUT2D eigenvalue weighted by Crippen LogP contribution is 2.48. The Bertz CT molecular complexity index is 1150. The van der Waals surface area contributed by atoms with Gasteiger partial charge in [-0.1, -0.05) is 35.5 Å². The summed E-state index contributed by atoms with van der Waals surface area (Å²) in [4.78, 5) is 13.6. The molecule has 0 saturated carbocycles. The molecule has 0 fully saturated rings. The van der Waals surface area contributed by atoms with E-state index in [0.717, 1.165) is 29.5 Å². The molecular formula is C25H32ClF3NO6PS. The highest BCUT2D eigenvalue weighted by atomic mass is 35.5. The molecule has 0 aliphatic carbocycles. The van der Waals surface area contributed by atoms with Crippen molar-refractivity contribution in [1.29, 1.82) is 0 Å². The zero-order valence-electron chi connectivity index (χ0n) is 22.0. The number of amides is 1. The highest BCUT2D eigenvalue weighted by Gasteiger charge is 2.34. The number of halogens is 4. The van der Waals surface area contributed by atoms with Crippen LogP contribution in [0.2, 0.25) is 5.02 Å². The van der Waals surface area contributed by atoms with Crippen LogP contribution in [0.15, 0.2) is 52.3 Å². The maximum absolute atomic E-state index is 13.0. The molecule has 0 aliphatic rings. The molecule has 0 radical (unpaired) electrons. The second-order valence-corrected chi connectivity index (χ2v) is 13.1. The van der Waals surface area contributed by atoms with Gasteiger partial charge in [-0.05, 0) is 76.4 Å². The van der Waals surface area contributed by atoms with Crippen molar-refractivity contribution in [2.45, 2.75) is 67.6 Å². The molecule has 0 spiro atoms. The van der Waals surface area contributed by atoms with E-state index in [1.807, 2.05) is 0 Å². The molecule has 0 bridgehead atoms. The minimum absolute atomic E-state index is 0.216. The fourth-order valence-electron chi connectivity index (χ4n) is 3.20. The Balaban J connectivity index is 2.17. The number of hydrogen-bond donors (Lipinski definition) is 1. The minimum Gasteiger partial charge on any atom is -0.444 e. The smallest absolute Gasteiger partial charge is 0.444 e. The molecule has 212 valence electrons. The summed E-state index contributed by atoms with van der Waals surface area (Å²) in [6.07, 6.45) is -4.43. The van der Waals surface area contributed by atoms with Gasteiger partial charge < -0.3 is 10.1 Å². The van der Waals surface area contributed by atoms with Crippen LogP contribution in [-0.4, -0.2) is 38.1 Å². The SMILES string of the molecule is COP(=O)(OC)OC[C@@](C)(CCc1ccc(Sc2cccc(C(F)(F)F)c2)cc1Cl)NC(=O)OC(C)(C)C. The number of benzene rings is 2. The normalized spacial score (nSPS) is 14.2. The van der Waals surface area contributed by atoms with E-state index in [-0.39, 0.29) is 6.61 Å². The number of aryl methyl sites for hydroxylation is 1. The van der Waals surface area contributed by atoms with Crippen molar-refractivity contribution in [3.05, 3.63) is 58.6 Å². The molecule has 0 saturated heterocycles. The lowest BCUT2D eigenvalue weighted by Gasteiger charge is -2.32. The molecule has 2 aromatic carbocycles. The zero-order valence-corrected chi connectivity index (χ0v) is 24.4. The van der Waals surface area contributed by atoms with Gasteiger partial charge in [0, 0.05) is 29.0 Å². The van der Waals surface area contributed by atoms with Gasteiger partial charge in [-0.25, -0.2) is 9.36 Å². The van der Waals surface area contributed by atoms with E-state index in [9.17, 15) is 22.5 Å². The standard InChI is InChI=1S/C25H32ClF3NO6PS/c1-23(2,3)36-22(31)30-24(4,16-35-37(32,33-5)34-6)13-12-17-10-11-20(15-21(17)26)38-19-9-7-8-18(14-19)25(27,28)29/h7-11,14-15H,12-13,16H2,1-6H3,(H,30,31)/t24-/m1/s1. The molecule has 38 heavy (non-hydrogen) atoms. The van der Waals surface area contributed by atoms with Gasteiger partial charge in [0.1, 0.15) is 5.60 Å². The molecule has 7 nitrogen and oxygen atoms in total. The molecule has 2 aromatic rings. The number of carbonyl (C=O) groups excluding carboxylic acids is 1. The summed E-state index contributed by atoms with van der Waals surface area (Å²) in [5.41, 5.74) is -1.78. The number of phosphoric ester groups is 1. The first-order valence-electron chi connectivity index (χ1n) is 11.5. The van der Waals surface area contributed by atoms with Gasteiger partial charge >= 0.3 is 20.1 Å². The highest BCUT2D eigenvalue weighted by molar-refractivity contribution is 7.99.